The van der Waals surface area contributed by atoms with Crippen LogP contribution in [0.25, 0.3) is 0 Å². The van der Waals surface area contributed by atoms with Crippen LogP contribution in [0.2, 0.25) is 0 Å². The van der Waals surface area contributed by atoms with Gasteiger partial charge in [0.1, 0.15) is 5.75 Å². The number of fused-ring (bicyclic) bond motifs is 1. The van der Waals surface area contributed by atoms with Gasteiger partial charge in [0.15, 0.2) is 11.5 Å². The van der Waals surface area contributed by atoms with Gasteiger partial charge in [0.05, 0.1) is 6.61 Å². The summed E-state index contributed by atoms with van der Waals surface area (Å²) in [4.78, 5) is 0. The van der Waals surface area contributed by atoms with E-state index in [1.807, 2.05) is 18.2 Å². The molecular formula is C13H19NO3. The fourth-order valence-corrected chi connectivity index (χ4v) is 1.66. The molecule has 0 radical (unpaired) electrons. The summed E-state index contributed by atoms with van der Waals surface area (Å²) in [6, 6.07) is 5.67. The van der Waals surface area contributed by atoms with E-state index in [4.69, 9.17) is 14.2 Å². The van der Waals surface area contributed by atoms with Crippen molar-refractivity contribution in [2.45, 2.75) is 19.8 Å². The minimum atomic E-state index is 0.305. The highest BCUT2D eigenvalue weighted by molar-refractivity contribution is 5.46. The molecule has 1 N–H and O–H groups in total. The van der Waals surface area contributed by atoms with Crippen molar-refractivity contribution in [3.63, 3.8) is 0 Å². The van der Waals surface area contributed by atoms with E-state index in [1.54, 1.807) is 0 Å². The molecule has 0 amide bonds. The Morgan fingerprint density at radius 2 is 2.12 bits per heavy atom. The van der Waals surface area contributed by atoms with Crippen LogP contribution in [-0.4, -0.2) is 26.5 Å². The Kier molecular flexibility index (Phi) is 4.50. The number of nitrogens with one attached hydrogen (secondary N) is 1. The lowest BCUT2D eigenvalue weighted by Gasteiger charge is -2.07. The van der Waals surface area contributed by atoms with Gasteiger partial charge in [-0.25, -0.2) is 0 Å². The van der Waals surface area contributed by atoms with E-state index >= 15 is 0 Å². The Morgan fingerprint density at radius 3 is 3.00 bits per heavy atom. The van der Waals surface area contributed by atoms with E-state index < -0.39 is 0 Å². The van der Waals surface area contributed by atoms with Gasteiger partial charge >= 0.3 is 0 Å². The molecule has 0 saturated heterocycles. The summed E-state index contributed by atoms with van der Waals surface area (Å²) in [5, 5.41) is 3.34. The molecule has 17 heavy (non-hydrogen) atoms. The van der Waals surface area contributed by atoms with Gasteiger partial charge in [-0.2, -0.15) is 0 Å². The first-order valence-electron chi connectivity index (χ1n) is 6.13. The lowest BCUT2D eigenvalue weighted by Crippen LogP contribution is -2.17. The van der Waals surface area contributed by atoms with Crippen LogP contribution in [0.4, 0.5) is 0 Å². The summed E-state index contributed by atoms with van der Waals surface area (Å²) in [5.41, 5.74) is 0. The SMILES string of the molecule is CCCNCCCOc1ccc2c(c1)OCO2. The molecule has 1 heterocycles. The van der Waals surface area contributed by atoms with E-state index in [0.29, 0.717) is 6.79 Å². The molecule has 0 aromatic heterocycles. The average molecular weight is 237 g/mol. The highest BCUT2D eigenvalue weighted by Gasteiger charge is 2.13. The average Bonchev–Trinajstić information content (AvgIpc) is 2.81. The molecule has 1 aliphatic rings. The normalized spacial score (nSPS) is 12.8. The third kappa shape index (κ3) is 3.53. The van der Waals surface area contributed by atoms with Gasteiger partial charge in [-0.05, 0) is 38.1 Å². The van der Waals surface area contributed by atoms with Crippen LogP contribution >= 0.6 is 0 Å². The van der Waals surface area contributed by atoms with Crippen molar-refractivity contribution in [2.75, 3.05) is 26.5 Å². The number of benzene rings is 1. The van der Waals surface area contributed by atoms with Crippen LogP contribution in [0.5, 0.6) is 17.2 Å². The van der Waals surface area contributed by atoms with Crippen molar-refractivity contribution in [3.05, 3.63) is 18.2 Å². The maximum Gasteiger partial charge on any atom is 0.231 e. The molecule has 94 valence electrons. The van der Waals surface area contributed by atoms with Crippen molar-refractivity contribution in [2.24, 2.45) is 0 Å². The Hall–Kier alpha value is -1.42. The molecule has 0 atom stereocenters. The molecule has 0 unspecified atom stereocenters. The molecular weight excluding hydrogens is 218 g/mol. The first-order chi connectivity index (χ1) is 8.40. The predicted octanol–water partition coefficient (Wildman–Crippen LogP) is 2.18. The van der Waals surface area contributed by atoms with Crippen molar-refractivity contribution in [1.82, 2.24) is 5.32 Å². The van der Waals surface area contributed by atoms with Crippen LogP contribution in [0.3, 0.4) is 0 Å². The van der Waals surface area contributed by atoms with Crippen LogP contribution < -0.4 is 19.5 Å². The molecule has 4 nitrogen and oxygen atoms in total. The van der Waals surface area contributed by atoms with Gasteiger partial charge in [-0.3, -0.25) is 0 Å². The van der Waals surface area contributed by atoms with Crippen LogP contribution in [-0.2, 0) is 0 Å². The number of hydrogen-bond acceptors (Lipinski definition) is 4. The van der Waals surface area contributed by atoms with E-state index in [1.165, 1.54) is 6.42 Å². The van der Waals surface area contributed by atoms with Crippen LogP contribution in [0, 0.1) is 0 Å². The Morgan fingerprint density at radius 1 is 1.24 bits per heavy atom. The Labute approximate surface area is 102 Å². The molecule has 1 aromatic carbocycles. The lowest BCUT2D eigenvalue weighted by molar-refractivity contribution is 0.173. The molecule has 1 aromatic rings. The maximum atomic E-state index is 5.64. The minimum Gasteiger partial charge on any atom is -0.493 e. The van der Waals surface area contributed by atoms with E-state index in [2.05, 4.69) is 12.2 Å². The maximum absolute atomic E-state index is 5.64. The van der Waals surface area contributed by atoms with Crippen LogP contribution in [0.1, 0.15) is 19.8 Å². The molecule has 2 rings (SSSR count). The topological polar surface area (TPSA) is 39.7 Å². The Bertz CT molecular complexity index is 355. The zero-order valence-corrected chi connectivity index (χ0v) is 10.2. The largest absolute Gasteiger partial charge is 0.493 e. The summed E-state index contributed by atoms with van der Waals surface area (Å²) in [5.74, 6) is 2.40. The van der Waals surface area contributed by atoms with E-state index in [-0.39, 0.29) is 0 Å². The van der Waals surface area contributed by atoms with Gasteiger partial charge in [-0.15, -0.1) is 0 Å². The Balaban J connectivity index is 1.69. The van der Waals surface area contributed by atoms with Crippen LogP contribution in [0.15, 0.2) is 18.2 Å². The fourth-order valence-electron chi connectivity index (χ4n) is 1.66. The van der Waals surface area contributed by atoms with Crippen molar-refractivity contribution in [3.8, 4) is 17.2 Å². The van der Waals surface area contributed by atoms with Crippen molar-refractivity contribution >= 4 is 0 Å². The second kappa shape index (κ2) is 6.35. The zero-order chi connectivity index (χ0) is 11.9. The highest BCUT2D eigenvalue weighted by Crippen LogP contribution is 2.34. The smallest absolute Gasteiger partial charge is 0.231 e. The summed E-state index contributed by atoms with van der Waals surface area (Å²) in [6.07, 6.45) is 2.18. The summed E-state index contributed by atoms with van der Waals surface area (Å²) in [7, 11) is 0. The summed E-state index contributed by atoms with van der Waals surface area (Å²) >= 11 is 0. The molecule has 1 aliphatic heterocycles. The quantitative estimate of drug-likeness (QED) is 0.738. The standard InChI is InChI=1S/C13H19NO3/c1-2-6-14-7-3-8-15-11-4-5-12-13(9-11)17-10-16-12/h4-5,9,14H,2-3,6-8,10H2,1H3. The van der Waals surface area contributed by atoms with Gasteiger partial charge in [0, 0.05) is 6.07 Å². The summed E-state index contributed by atoms with van der Waals surface area (Å²) < 4.78 is 16.2. The van der Waals surface area contributed by atoms with Gasteiger partial charge < -0.3 is 19.5 Å². The van der Waals surface area contributed by atoms with E-state index in [0.717, 1.165) is 43.4 Å². The molecule has 4 heteroatoms. The highest BCUT2D eigenvalue weighted by atomic mass is 16.7. The number of hydrogen-bond donors (Lipinski definition) is 1. The van der Waals surface area contributed by atoms with Gasteiger partial charge in [0.2, 0.25) is 6.79 Å². The number of ether oxygens (including phenoxy) is 3. The third-order valence-electron chi connectivity index (χ3n) is 2.54. The number of rotatable bonds is 7. The molecule has 0 bridgehead atoms. The summed E-state index contributed by atoms with van der Waals surface area (Å²) in [6.45, 7) is 5.26. The second-order valence-electron chi connectivity index (χ2n) is 3.97. The van der Waals surface area contributed by atoms with Crippen molar-refractivity contribution < 1.29 is 14.2 Å². The first kappa shape index (κ1) is 12.0. The molecule has 0 spiro atoms. The third-order valence-corrected chi connectivity index (χ3v) is 2.54. The molecule has 0 aliphatic carbocycles. The second-order valence-corrected chi connectivity index (χ2v) is 3.97. The molecule has 0 fully saturated rings. The monoisotopic (exact) mass is 237 g/mol. The van der Waals surface area contributed by atoms with Gasteiger partial charge in [-0.1, -0.05) is 6.92 Å². The van der Waals surface area contributed by atoms with E-state index in [9.17, 15) is 0 Å². The minimum absolute atomic E-state index is 0.305. The van der Waals surface area contributed by atoms with Crippen molar-refractivity contribution in [1.29, 1.82) is 0 Å². The van der Waals surface area contributed by atoms with Gasteiger partial charge in [0.25, 0.3) is 0 Å². The lowest BCUT2D eigenvalue weighted by atomic mass is 10.3. The fraction of sp³-hybridized carbons (Fsp3) is 0.538. The first-order valence-corrected chi connectivity index (χ1v) is 6.13. The predicted molar refractivity (Wildman–Crippen MR) is 65.8 cm³/mol. The molecule has 0 saturated carbocycles. The zero-order valence-electron chi connectivity index (χ0n) is 10.2.